The van der Waals surface area contributed by atoms with Crippen LogP contribution >= 0.6 is 35.7 Å². The van der Waals surface area contributed by atoms with Crippen molar-refractivity contribution in [3.8, 4) is 5.75 Å². The number of halogens is 1. The Morgan fingerprint density at radius 2 is 1.92 bits per heavy atom. The summed E-state index contributed by atoms with van der Waals surface area (Å²) in [5, 5.41) is 16.7. The summed E-state index contributed by atoms with van der Waals surface area (Å²) < 4.78 is 5.60. The Kier molecular flexibility index (Phi) is 13.2. The fraction of sp³-hybridized carbons (Fsp3) is 0.588. The Morgan fingerprint density at radius 3 is 2.46 bits per heavy atom. The summed E-state index contributed by atoms with van der Waals surface area (Å²) in [7, 11) is 0. The van der Waals surface area contributed by atoms with Crippen LogP contribution in [0.15, 0.2) is 29.3 Å². The van der Waals surface area contributed by atoms with Crippen molar-refractivity contribution in [3.05, 3.63) is 29.8 Å². The first kappa shape index (κ1) is 23.3. The number of benzene rings is 1. The molecule has 0 radical (unpaired) electrons. The van der Waals surface area contributed by atoms with Gasteiger partial charge in [-0.1, -0.05) is 12.1 Å². The van der Waals surface area contributed by atoms with E-state index in [1.165, 1.54) is 0 Å². The van der Waals surface area contributed by atoms with Crippen molar-refractivity contribution in [1.82, 2.24) is 10.6 Å². The molecule has 0 aliphatic carbocycles. The molecule has 0 bridgehead atoms. The molecule has 7 heteroatoms. The van der Waals surface area contributed by atoms with Crippen molar-refractivity contribution in [3.63, 3.8) is 0 Å². The third kappa shape index (κ3) is 9.58. The lowest BCUT2D eigenvalue weighted by Gasteiger charge is -2.14. The summed E-state index contributed by atoms with van der Waals surface area (Å²) in [6, 6.07) is 7.52. The van der Waals surface area contributed by atoms with Crippen LogP contribution in [0.4, 0.5) is 0 Å². The summed E-state index contributed by atoms with van der Waals surface area (Å²) in [6.07, 6.45) is 1.59. The van der Waals surface area contributed by atoms with Gasteiger partial charge in [-0.15, -0.1) is 24.0 Å². The molecule has 0 heterocycles. The second-order valence-corrected chi connectivity index (χ2v) is 6.38. The maximum atomic E-state index is 10.3. The third-order valence-electron chi connectivity index (χ3n) is 3.00. The highest BCUT2D eigenvalue weighted by molar-refractivity contribution is 14.0. The van der Waals surface area contributed by atoms with Crippen LogP contribution < -0.4 is 15.4 Å². The number of aliphatic imine (C=N–C) groups is 1. The summed E-state index contributed by atoms with van der Waals surface area (Å²) >= 11 is 1.78. The van der Waals surface area contributed by atoms with Crippen molar-refractivity contribution in [2.24, 2.45) is 4.99 Å². The largest absolute Gasteiger partial charge is 0.491 e. The normalized spacial score (nSPS) is 12.5. The van der Waals surface area contributed by atoms with Crippen LogP contribution in [0.2, 0.25) is 0 Å². The molecule has 1 unspecified atom stereocenters. The highest BCUT2D eigenvalue weighted by Gasteiger charge is 2.08. The molecule has 0 aromatic heterocycles. The zero-order valence-electron chi connectivity index (χ0n) is 14.9. The monoisotopic (exact) mass is 467 g/mol. The van der Waals surface area contributed by atoms with Crippen LogP contribution in [0.25, 0.3) is 0 Å². The van der Waals surface area contributed by atoms with Crippen LogP contribution in [-0.2, 0) is 0 Å². The lowest BCUT2D eigenvalue weighted by atomic mass is 10.1. The van der Waals surface area contributed by atoms with E-state index in [2.05, 4.69) is 21.9 Å². The van der Waals surface area contributed by atoms with Crippen LogP contribution in [0.3, 0.4) is 0 Å². The topological polar surface area (TPSA) is 65.9 Å². The lowest BCUT2D eigenvalue weighted by molar-refractivity contribution is 0.186. The fourth-order valence-electron chi connectivity index (χ4n) is 1.94. The molecule has 0 fully saturated rings. The zero-order valence-corrected chi connectivity index (χ0v) is 18.1. The number of aliphatic hydroxyl groups is 1. The number of hydrogen-bond acceptors (Lipinski definition) is 4. The Bertz CT molecular complexity index is 469. The molecule has 0 aliphatic rings. The molecule has 138 valence electrons. The highest BCUT2D eigenvalue weighted by atomic mass is 127. The zero-order chi connectivity index (χ0) is 17.1. The number of ether oxygens (including phenoxy) is 1. The van der Waals surface area contributed by atoms with Gasteiger partial charge < -0.3 is 20.5 Å². The maximum Gasteiger partial charge on any atom is 0.191 e. The van der Waals surface area contributed by atoms with E-state index >= 15 is 0 Å². The molecule has 0 spiro atoms. The van der Waals surface area contributed by atoms with Crippen molar-refractivity contribution in [2.45, 2.75) is 33.0 Å². The van der Waals surface area contributed by atoms with Crippen molar-refractivity contribution in [1.29, 1.82) is 0 Å². The molecule has 24 heavy (non-hydrogen) atoms. The van der Waals surface area contributed by atoms with E-state index in [4.69, 9.17) is 4.74 Å². The molecule has 1 rings (SSSR count). The van der Waals surface area contributed by atoms with Gasteiger partial charge in [-0.2, -0.15) is 11.8 Å². The summed E-state index contributed by atoms with van der Waals surface area (Å²) in [4.78, 5) is 4.44. The van der Waals surface area contributed by atoms with Gasteiger partial charge in [0, 0.05) is 18.8 Å². The molecular formula is C17H30IN3O2S. The van der Waals surface area contributed by atoms with E-state index in [0.717, 1.165) is 36.1 Å². The quantitative estimate of drug-likeness (QED) is 0.226. The first-order chi connectivity index (χ1) is 11.1. The van der Waals surface area contributed by atoms with E-state index in [0.29, 0.717) is 6.54 Å². The Morgan fingerprint density at radius 1 is 1.25 bits per heavy atom. The number of aliphatic hydroxyl groups excluding tert-OH is 1. The molecule has 1 aromatic rings. The van der Waals surface area contributed by atoms with Crippen molar-refractivity contribution >= 4 is 41.7 Å². The molecule has 0 saturated heterocycles. The minimum absolute atomic E-state index is 0. The van der Waals surface area contributed by atoms with Gasteiger partial charge in [0.2, 0.25) is 0 Å². The van der Waals surface area contributed by atoms with E-state index in [9.17, 15) is 5.11 Å². The predicted octanol–water partition coefficient (Wildman–Crippen LogP) is 3.04. The number of rotatable bonds is 9. The lowest BCUT2D eigenvalue weighted by Crippen LogP contribution is -2.38. The van der Waals surface area contributed by atoms with Gasteiger partial charge in [-0.05, 0) is 44.7 Å². The van der Waals surface area contributed by atoms with Gasteiger partial charge in [0.1, 0.15) is 5.75 Å². The minimum atomic E-state index is -0.626. The molecule has 0 aliphatic heterocycles. The van der Waals surface area contributed by atoms with E-state index in [1.54, 1.807) is 11.8 Å². The summed E-state index contributed by atoms with van der Waals surface area (Å²) in [5.41, 5.74) is 0.838. The minimum Gasteiger partial charge on any atom is -0.491 e. The maximum absolute atomic E-state index is 10.3. The third-order valence-corrected chi connectivity index (χ3v) is 3.61. The number of nitrogens with one attached hydrogen (secondary N) is 2. The number of thioether (sulfide) groups is 1. The van der Waals surface area contributed by atoms with Gasteiger partial charge in [0.25, 0.3) is 0 Å². The second kappa shape index (κ2) is 13.6. The number of hydrogen-bond donors (Lipinski definition) is 3. The smallest absolute Gasteiger partial charge is 0.191 e. The van der Waals surface area contributed by atoms with Crippen molar-refractivity contribution < 1.29 is 9.84 Å². The molecule has 1 atom stereocenters. The Labute approximate surface area is 167 Å². The molecule has 3 N–H and O–H groups in total. The fourth-order valence-corrected chi connectivity index (χ4v) is 2.24. The molecule has 0 amide bonds. The van der Waals surface area contributed by atoms with Crippen LogP contribution in [0, 0.1) is 0 Å². The SMILES string of the molecule is CCNC(=NCC(O)c1ccc(OC(C)C)cc1)NCCSC.I. The standard InChI is InChI=1S/C17H29N3O2S.HI/c1-5-18-17(19-10-11-23-4)20-12-16(21)14-6-8-15(9-7-14)22-13(2)3;/h6-9,13,16,21H,5,10-12H2,1-4H3,(H2,18,19,20);1H. The number of guanidine groups is 1. The second-order valence-electron chi connectivity index (χ2n) is 5.39. The van der Waals surface area contributed by atoms with Gasteiger partial charge >= 0.3 is 0 Å². The van der Waals surface area contributed by atoms with Gasteiger partial charge in [-0.25, -0.2) is 0 Å². The van der Waals surface area contributed by atoms with Gasteiger partial charge in [0.05, 0.1) is 18.8 Å². The Balaban J connectivity index is 0.00000529. The first-order valence-corrected chi connectivity index (χ1v) is 9.42. The summed E-state index contributed by atoms with van der Waals surface area (Å²) in [5.74, 6) is 2.57. The van der Waals surface area contributed by atoms with Crippen molar-refractivity contribution in [2.75, 3.05) is 31.6 Å². The molecule has 5 nitrogen and oxygen atoms in total. The van der Waals surface area contributed by atoms with Crippen LogP contribution in [0.5, 0.6) is 5.75 Å². The Hall–Kier alpha value is -0.670. The van der Waals surface area contributed by atoms with E-state index in [-0.39, 0.29) is 30.1 Å². The molecular weight excluding hydrogens is 437 g/mol. The predicted molar refractivity (Wildman–Crippen MR) is 115 cm³/mol. The highest BCUT2D eigenvalue weighted by Crippen LogP contribution is 2.19. The molecule has 0 saturated carbocycles. The average Bonchev–Trinajstić information content (AvgIpc) is 2.52. The van der Waals surface area contributed by atoms with E-state index in [1.807, 2.05) is 45.0 Å². The summed E-state index contributed by atoms with van der Waals surface area (Å²) in [6.45, 7) is 7.97. The van der Waals surface area contributed by atoms with Gasteiger partial charge in [0.15, 0.2) is 5.96 Å². The van der Waals surface area contributed by atoms with Crippen LogP contribution in [-0.4, -0.2) is 48.8 Å². The first-order valence-electron chi connectivity index (χ1n) is 8.02. The van der Waals surface area contributed by atoms with E-state index < -0.39 is 6.10 Å². The van der Waals surface area contributed by atoms with Crippen LogP contribution in [0.1, 0.15) is 32.4 Å². The van der Waals surface area contributed by atoms with Gasteiger partial charge in [-0.3, -0.25) is 4.99 Å². The molecule has 1 aromatic carbocycles. The number of nitrogens with zero attached hydrogens (tertiary/aromatic N) is 1. The average molecular weight is 467 g/mol.